The van der Waals surface area contributed by atoms with Gasteiger partial charge in [0.15, 0.2) is 11.5 Å². The van der Waals surface area contributed by atoms with Gasteiger partial charge in [-0.15, -0.1) is 0 Å². The van der Waals surface area contributed by atoms with Crippen molar-refractivity contribution in [3.63, 3.8) is 0 Å². The second kappa shape index (κ2) is 11.1. The number of benzene rings is 8. The fourth-order valence-electron chi connectivity index (χ4n) is 8.93. The molecule has 0 radical (unpaired) electrons. The first-order valence-corrected chi connectivity index (χ1v) is 17.9. The Kier molecular flexibility index (Phi) is 6.17. The number of ether oxygens (including phenoxy) is 1. The molecule has 2 heterocycles. The minimum atomic E-state index is -0.580. The summed E-state index contributed by atoms with van der Waals surface area (Å²) in [5, 5.41) is 2.52. The highest BCUT2D eigenvalue weighted by molar-refractivity contribution is 6.09. The molecule has 0 bridgehead atoms. The maximum atomic E-state index is 6.42. The second-order valence-corrected chi connectivity index (χ2v) is 13.7. The summed E-state index contributed by atoms with van der Waals surface area (Å²) >= 11 is 0. The van der Waals surface area contributed by atoms with Gasteiger partial charge in [-0.1, -0.05) is 133 Å². The molecule has 0 fully saturated rings. The van der Waals surface area contributed by atoms with Crippen LogP contribution in [0, 0.1) is 0 Å². The van der Waals surface area contributed by atoms with E-state index in [4.69, 9.17) is 4.74 Å². The number of hydrogen-bond donors (Lipinski definition) is 0. The van der Waals surface area contributed by atoms with Crippen LogP contribution in [-0.4, -0.2) is 4.57 Å². The lowest BCUT2D eigenvalue weighted by atomic mass is 9.67. The molecule has 0 amide bonds. The lowest BCUT2D eigenvalue weighted by molar-refractivity contribution is 0.477. The Labute approximate surface area is 302 Å². The number of rotatable bonds is 4. The lowest BCUT2D eigenvalue weighted by Gasteiger charge is -2.36. The van der Waals surface area contributed by atoms with Gasteiger partial charge in [-0.05, 0) is 94.0 Å². The summed E-state index contributed by atoms with van der Waals surface area (Å²) in [4.78, 5) is 2.35. The van der Waals surface area contributed by atoms with E-state index in [-0.39, 0.29) is 0 Å². The predicted octanol–water partition coefficient (Wildman–Crippen LogP) is 12.7. The van der Waals surface area contributed by atoms with Crippen molar-refractivity contribution in [2.45, 2.75) is 5.41 Å². The quantitative estimate of drug-likeness (QED) is 0.186. The number of anilines is 3. The first-order chi connectivity index (χ1) is 25.8. The van der Waals surface area contributed by atoms with Gasteiger partial charge in [-0.25, -0.2) is 0 Å². The second-order valence-electron chi connectivity index (χ2n) is 13.7. The van der Waals surface area contributed by atoms with Gasteiger partial charge in [0.2, 0.25) is 0 Å². The van der Waals surface area contributed by atoms with Crippen molar-refractivity contribution in [2.75, 3.05) is 4.90 Å². The summed E-state index contributed by atoms with van der Waals surface area (Å²) in [6, 6.07) is 70.4. The van der Waals surface area contributed by atoms with E-state index in [1.165, 1.54) is 55.2 Å². The van der Waals surface area contributed by atoms with Crippen molar-refractivity contribution in [1.29, 1.82) is 0 Å². The molecule has 0 unspecified atom stereocenters. The Morgan fingerprint density at radius 3 is 1.38 bits per heavy atom. The van der Waals surface area contributed by atoms with Crippen molar-refractivity contribution in [3.8, 4) is 28.3 Å². The number of aromatic nitrogens is 1. The van der Waals surface area contributed by atoms with Gasteiger partial charge in [0, 0.05) is 22.1 Å². The Bertz CT molecular complexity index is 2700. The third kappa shape index (κ3) is 3.96. The van der Waals surface area contributed by atoms with Crippen LogP contribution < -0.4 is 9.64 Å². The van der Waals surface area contributed by atoms with Gasteiger partial charge >= 0.3 is 0 Å². The SMILES string of the molecule is c1ccc(C2(c3ccccc3)c3cc(N4c5ccccc5Oc5ccccc54)ccc3-c3ccc(-n4c5ccccc5c5ccccc54)cc32)cc1. The molecule has 3 nitrogen and oxygen atoms in total. The van der Waals surface area contributed by atoms with E-state index in [1.54, 1.807) is 0 Å². The van der Waals surface area contributed by atoms with Crippen LogP contribution in [0.2, 0.25) is 0 Å². The fourth-order valence-corrected chi connectivity index (χ4v) is 8.93. The van der Waals surface area contributed by atoms with Crippen molar-refractivity contribution in [3.05, 3.63) is 216 Å². The van der Waals surface area contributed by atoms with Gasteiger partial charge in [0.1, 0.15) is 0 Å². The summed E-state index contributed by atoms with van der Waals surface area (Å²) in [7, 11) is 0. The van der Waals surface area contributed by atoms with Crippen LogP contribution in [0.5, 0.6) is 11.5 Å². The van der Waals surface area contributed by atoms with Gasteiger partial charge in [0.05, 0.1) is 27.8 Å². The van der Waals surface area contributed by atoms with E-state index in [1.807, 2.05) is 12.1 Å². The molecule has 0 saturated carbocycles. The molecule has 0 N–H and O–H groups in total. The lowest BCUT2D eigenvalue weighted by Crippen LogP contribution is -2.29. The highest BCUT2D eigenvalue weighted by Gasteiger charge is 2.47. The van der Waals surface area contributed by atoms with Crippen LogP contribution in [0.1, 0.15) is 22.3 Å². The molecular formula is C49H32N2O. The third-order valence-corrected chi connectivity index (χ3v) is 11.0. The van der Waals surface area contributed by atoms with E-state index in [0.717, 1.165) is 34.2 Å². The van der Waals surface area contributed by atoms with Crippen LogP contribution in [-0.2, 0) is 5.41 Å². The summed E-state index contributed by atoms with van der Waals surface area (Å²) in [6.07, 6.45) is 0. The molecule has 0 spiro atoms. The molecule has 9 aromatic rings. The highest BCUT2D eigenvalue weighted by Crippen LogP contribution is 2.59. The molecule has 1 aliphatic heterocycles. The smallest absolute Gasteiger partial charge is 0.151 e. The standard InChI is InChI=1S/C49H32N2O/c1-3-15-33(16-4-1)49(34-17-5-2-6-18-34)41-31-35(50-43-21-9-7-19-39(43)40-20-8-10-22-44(40)50)27-29-37(41)38-30-28-36(32-42(38)49)51-45-23-11-13-25-47(45)52-48-26-14-12-24-46(48)51/h1-32H. The molecular weight excluding hydrogens is 633 g/mol. The number of hydrogen-bond acceptors (Lipinski definition) is 2. The zero-order valence-corrected chi connectivity index (χ0v) is 28.3. The summed E-state index contributed by atoms with van der Waals surface area (Å²) in [5.41, 5.74) is 13.6. The van der Waals surface area contributed by atoms with Crippen LogP contribution in [0.15, 0.2) is 194 Å². The largest absolute Gasteiger partial charge is 0.453 e. The van der Waals surface area contributed by atoms with Crippen molar-refractivity contribution >= 4 is 38.9 Å². The summed E-state index contributed by atoms with van der Waals surface area (Å²) in [6.45, 7) is 0. The molecule has 1 aliphatic carbocycles. The minimum Gasteiger partial charge on any atom is -0.453 e. The van der Waals surface area contributed by atoms with Gasteiger partial charge in [0.25, 0.3) is 0 Å². The summed E-state index contributed by atoms with van der Waals surface area (Å²) in [5.74, 6) is 1.69. The molecule has 244 valence electrons. The van der Waals surface area contributed by atoms with Gasteiger partial charge in [-0.2, -0.15) is 0 Å². The van der Waals surface area contributed by atoms with E-state index in [9.17, 15) is 0 Å². The van der Waals surface area contributed by atoms with Crippen molar-refractivity contribution < 1.29 is 4.74 Å². The topological polar surface area (TPSA) is 17.4 Å². The summed E-state index contributed by atoms with van der Waals surface area (Å²) < 4.78 is 8.85. The van der Waals surface area contributed by atoms with E-state index in [2.05, 4.69) is 191 Å². The van der Waals surface area contributed by atoms with Crippen LogP contribution >= 0.6 is 0 Å². The van der Waals surface area contributed by atoms with Crippen LogP contribution in [0.4, 0.5) is 17.1 Å². The van der Waals surface area contributed by atoms with Crippen molar-refractivity contribution in [1.82, 2.24) is 4.57 Å². The van der Waals surface area contributed by atoms with E-state index in [0.29, 0.717) is 0 Å². The Morgan fingerprint density at radius 2 is 0.827 bits per heavy atom. The predicted molar refractivity (Wildman–Crippen MR) is 213 cm³/mol. The Balaban J connectivity index is 1.22. The molecule has 52 heavy (non-hydrogen) atoms. The van der Waals surface area contributed by atoms with Gasteiger partial charge < -0.3 is 14.2 Å². The molecule has 11 rings (SSSR count). The highest BCUT2D eigenvalue weighted by atomic mass is 16.5. The van der Waals surface area contributed by atoms with Gasteiger partial charge in [-0.3, -0.25) is 0 Å². The normalized spacial score (nSPS) is 13.7. The molecule has 8 aromatic carbocycles. The molecule has 0 saturated heterocycles. The molecule has 2 aliphatic rings. The maximum absolute atomic E-state index is 6.42. The Morgan fingerprint density at radius 1 is 0.385 bits per heavy atom. The van der Waals surface area contributed by atoms with Crippen LogP contribution in [0.25, 0.3) is 38.6 Å². The minimum absolute atomic E-state index is 0.580. The number of para-hydroxylation sites is 6. The van der Waals surface area contributed by atoms with E-state index >= 15 is 0 Å². The van der Waals surface area contributed by atoms with Crippen molar-refractivity contribution in [2.24, 2.45) is 0 Å². The average molecular weight is 665 g/mol. The fraction of sp³-hybridized carbons (Fsp3) is 0.0204. The zero-order valence-electron chi connectivity index (χ0n) is 28.3. The zero-order chi connectivity index (χ0) is 34.2. The maximum Gasteiger partial charge on any atom is 0.151 e. The third-order valence-electron chi connectivity index (χ3n) is 11.0. The molecule has 3 heteroatoms. The molecule has 0 atom stereocenters. The first-order valence-electron chi connectivity index (χ1n) is 17.9. The average Bonchev–Trinajstić information content (AvgIpc) is 3.70. The first kappa shape index (κ1) is 28.9. The number of nitrogens with zero attached hydrogens (tertiary/aromatic N) is 2. The van der Waals surface area contributed by atoms with Crippen LogP contribution in [0.3, 0.4) is 0 Å². The van der Waals surface area contributed by atoms with E-state index < -0.39 is 5.41 Å². The monoisotopic (exact) mass is 664 g/mol. The molecule has 1 aromatic heterocycles. The Hall–Kier alpha value is -6.84. The number of fused-ring (bicyclic) bond motifs is 8.